The molecule has 2 aromatic rings. The monoisotopic (exact) mass is 295 g/mol. The van der Waals surface area contributed by atoms with Crippen LogP contribution in [0.5, 0.6) is 0 Å². The summed E-state index contributed by atoms with van der Waals surface area (Å²) in [6, 6.07) is 7.33. The summed E-state index contributed by atoms with van der Waals surface area (Å²) in [6.45, 7) is 0.602. The van der Waals surface area contributed by atoms with Gasteiger partial charge in [-0.2, -0.15) is 0 Å². The van der Waals surface area contributed by atoms with Crippen LogP contribution in [0.25, 0.3) is 0 Å². The molecule has 2 rings (SSSR count). The van der Waals surface area contributed by atoms with E-state index in [-0.39, 0.29) is 12.3 Å². The Hall–Kier alpha value is -1.59. The molecule has 0 saturated heterocycles. The van der Waals surface area contributed by atoms with Crippen molar-refractivity contribution in [2.24, 2.45) is 0 Å². The maximum absolute atomic E-state index is 11.7. The fraction of sp³-hybridized carbons (Fsp3) is 0.231. The number of pyridine rings is 1. The molecule has 2 aromatic heterocycles. The van der Waals surface area contributed by atoms with Gasteiger partial charge < -0.3 is 11.1 Å². The lowest BCUT2D eigenvalue weighted by Gasteiger charge is -2.04. The predicted octanol–water partition coefficient (Wildman–Crippen LogP) is 2.28. The van der Waals surface area contributed by atoms with Gasteiger partial charge in [0.2, 0.25) is 5.91 Å². The molecule has 0 aliphatic carbocycles. The average Bonchev–Trinajstić information content (AvgIpc) is 2.78. The van der Waals surface area contributed by atoms with Crippen LogP contribution >= 0.6 is 22.9 Å². The average molecular weight is 296 g/mol. The first-order chi connectivity index (χ1) is 9.13. The standard InChI is InChI=1S/C13H14ClN3OS/c14-12-4-3-11(19-12)5-6-16-13(18)7-10-2-1-9(15)8-17-10/h1-4,8H,5-7,15H2,(H,16,18). The van der Waals surface area contributed by atoms with E-state index in [2.05, 4.69) is 10.3 Å². The van der Waals surface area contributed by atoms with E-state index < -0.39 is 0 Å². The lowest BCUT2D eigenvalue weighted by atomic mass is 10.2. The second-order valence-electron chi connectivity index (χ2n) is 4.07. The first-order valence-electron chi connectivity index (χ1n) is 5.85. The number of amides is 1. The van der Waals surface area contributed by atoms with Crippen molar-refractivity contribution in [3.05, 3.63) is 45.4 Å². The molecule has 3 N–H and O–H groups in total. The number of nitrogens with two attached hydrogens (primary N) is 1. The number of hydrogen-bond donors (Lipinski definition) is 2. The topological polar surface area (TPSA) is 68.0 Å². The van der Waals surface area contributed by atoms with Crippen LogP contribution in [0.2, 0.25) is 4.34 Å². The van der Waals surface area contributed by atoms with E-state index in [0.717, 1.165) is 15.6 Å². The Kier molecular flexibility index (Phi) is 4.76. The van der Waals surface area contributed by atoms with Crippen molar-refractivity contribution in [1.29, 1.82) is 0 Å². The first-order valence-corrected chi connectivity index (χ1v) is 7.04. The quantitative estimate of drug-likeness (QED) is 0.889. The van der Waals surface area contributed by atoms with Crippen molar-refractivity contribution >= 4 is 34.5 Å². The lowest BCUT2D eigenvalue weighted by molar-refractivity contribution is -0.120. The Morgan fingerprint density at radius 3 is 2.84 bits per heavy atom. The number of carbonyl (C=O) groups excluding carboxylic acids is 1. The van der Waals surface area contributed by atoms with Crippen LogP contribution in [0.15, 0.2) is 30.5 Å². The van der Waals surface area contributed by atoms with Crippen LogP contribution in [-0.4, -0.2) is 17.4 Å². The molecular formula is C13H14ClN3OS. The number of hydrogen-bond acceptors (Lipinski definition) is 4. The van der Waals surface area contributed by atoms with Crippen LogP contribution < -0.4 is 11.1 Å². The third-order valence-corrected chi connectivity index (χ3v) is 3.80. The molecule has 0 fully saturated rings. The minimum atomic E-state index is -0.0417. The molecule has 19 heavy (non-hydrogen) atoms. The lowest BCUT2D eigenvalue weighted by Crippen LogP contribution is -2.27. The molecule has 0 aromatic carbocycles. The molecule has 0 aliphatic heterocycles. The number of rotatable bonds is 5. The molecule has 0 atom stereocenters. The summed E-state index contributed by atoms with van der Waals surface area (Å²) < 4.78 is 0.771. The highest BCUT2D eigenvalue weighted by Crippen LogP contribution is 2.21. The molecule has 1 amide bonds. The number of aromatic nitrogens is 1. The highest BCUT2D eigenvalue weighted by molar-refractivity contribution is 7.16. The van der Waals surface area contributed by atoms with Gasteiger partial charge in [0, 0.05) is 17.1 Å². The van der Waals surface area contributed by atoms with Gasteiger partial charge in [0.15, 0.2) is 0 Å². The van der Waals surface area contributed by atoms with Gasteiger partial charge in [-0.1, -0.05) is 11.6 Å². The second-order valence-corrected chi connectivity index (χ2v) is 5.87. The van der Waals surface area contributed by atoms with Crippen LogP contribution in [0, 0.1) is 0 Å². The van der Waals surface area contributed by atoms with Gasteiger partial charge in [0.25, 0.3) is 0 Å². The molecule has 2 heterocycles. The smallest absolute Gasteiger partial charge is 0.226 e. The van der Waals surface area contributed by atoms with E-state index in [1.165, 1.54) is 11.3 Å². The second kappa shape index (κ2) is 6.54. The number of thiophene rings is 1. The van der Waals surface area contributed by atoms with Gasteiger partial charge in [-0.05, 0) is 30.7 Å². The Morgan fingerprint density at radius 2 is 2.21 bits per heavy atom. The molecular weight excluding hydrogens is 282 g/mol. The third-order valence-electron chi connectivity index (χ3n) is 2.51. The number of anilines is 1. The van der Waals surface area contributed by atoms with Crippen molar-refractivity contribution < 1.29 is 4.79 Å². The third kappa shape index (κ3) is 4.54. The Balaban J connectivity index is 1.74. The zero-order valence-corrected chi connectivity index (χ0v) is 11.8. The number of nitrogens with one attached hydrogen (secondary N) is 1. The molecule has 0 unspecified atom stereocenters. The zero-order valence-electron chi connectivity index (χ0n) is 10.2. The van der Waals surface area contributed by atoms with Crippen molar-refractivity contribution in [1.82, 2.24) is 10.3 Å². The van der Waals surface area contributed by atoms with Gasteiger partial charge in [-0.25, -0.2) is 0 Å². The number of nitrogen functional groups attached to an aromatic ring is 1. The minimum absolute atomic E-state index is 0.0417. The summed E-state index contributed by atoms with van der Waals surface area (Å²) in [4.78, 5) is 16.9. The first kappa shape index (κ1) is 13.8. The van der Waals surface area contributed by atoms with Gasteiger partial charge in [-0.3, -0.25) is 9.78 Å². The summed E-state index contributed by atoms with van der Waals surface area (Å²) >= 11 is 7.37. The van der Waals surface area contributed by atoms with E-state index in [9.17, 15) is 4.79 Å². The van der Waals surface area contributed by atoms with E-state index in [1.807, 2.05) is 12.1 Å². The van der Waals surface area contributed by atoms with Crippen molar-refractivity contribution in [3.63, 3.8) is 0 Å². The maximum atomic E-state index is 11.7. The van der Waals surface area contributed by atoms with Gasteiger partial charge >= 0.3 is 0 Å². The summed E-state index contributed by atoms with van der Waals surface area (Å²) in [5, 5.41) is 2.86. The van der Waals surface area contributed by atoms with Crippen molar-refractivity contribution in [2.45, 2.75) is 12.8 Å². The van der Waals surface area contributed by atoms with Crippen LogP contribution in [-0.2, 0) is 17.6 Å². The highest BCUT2D eigenvalue weighted by atomic mass is 35.5. The molecule has 100 valence electrons. The zero-order chi connectivity index (χ0) is 13.7. The summed E-state index contributed by atoms with van der Waals surface area (Å²) in [7, 11) is 0. The maximum Gasteiger partial charge on any atom is 0.226 e. The number of nitrogens with zero attached hydrogens (tertiary/aromatic N) is 1. The SMILES string of the molecule is Nc1ccc(CC(=O)NCCc2ccc(Cl)s2)nc1. The van der Waals surface area contributed by atoms with Gasteiger partial charge in [-0.15, -0.1) is 11.3 Å². The van der Waals surface area contributed by atoms with E-state index in [0.29, 0.717) is 17.9 Å². The highest BCUT2D eigenvalue weighted by Gasteiger charge is 2.04. The Bertz CT molecular complexity index is 553. The van der Waals surface area contributed by atoms with Crippen LogP contribution in [0.4, 0.5) is 5.69 Å². The fourth-order valence-corrected chi connectivity index (χ4v) is 2.67. The minimum Gasteiger partial charge on any atom is -0.397 e. The van der Waals surface area contributed by atoms with Crippen LogP contribution in [0.3, 0.4) is 0 Å². The van der Waals surface area contributed by atoms with Gasteiger partial charge in [0.1, 0.15) is 0 Å². The van der Waals surface area contributed by atoms with E-state index >= 15 is 0 Å². The predicted molar refractivity (Wildman–Crippen MR) is 78.4 cm³/mol. The number of carbonyl (C=O) groups is 1. The molecule has 0 spiro atoms. The fourth-order valence-electron chi connectivity index (χ4n) is 1.58. The molecule has 4 nitrogen and oxygen atoms in total. The number of halogens is 1. The molecule has 0 saturated carbocycles. The van der Waals surface area contributed by atoms with Crippen molar-refractivity contribution in [2.75, 3.05) is 12.3 Å². The summed E-state index contributed by atoms with van der Waals surface area (Å²) in [5.41, 5.74) is 6.84. The molecule has 0 bridgehead atoms. The largest absolute Gasteiger partial charge is 0.397 e. The summed E-state index contributed by atoms with van der Waals surface area (Å²) in [5.74, 6) is -0.0417. The molecule has 6 heteroatoms. The van der Waals surface area contributed by atoms with Crippen molar-refractivity contribution in [3.8, 4) is 0 Å². The summed E-state index contributed by atoms with van der Waals surface area (Å²) in [6.07, 6.45) is 2.61. The van der Waals surface area contributed by atoms with Gasteiger partial charge in [0.05, 0.1) is 22.6 Å². The Labute approximate surface area is 120 Å². The van der Waals surface area contributed by atoms with Crippen LogP contribution in [0.1, 0.15) is 10.6 Å². The normalized spacial score (nSPS) is 10.4. The van der Waals surface area contributed by atoms with E-state index in [1.54, 1.807) is 18.3 Å². The van der Waals surface area contributed by atoms with E-state index in [4.69, 9.17) is 17.3 Å². The molecule has 0 radical (unpaired) electrons. The Morgan fingerprint density at radius 1 is 1.37 bits per heavy atom. The molecule has 0 aliphatic rings.